The zero-order valence-electron chi connectivity index (χ0n) is 17.4. The average molecular weight is 403 g/mol. The van der Waals surface area contributed by atoms with Crippen molar-refractivity contribution in [1.82, 2.24) is 15.2 Å². The molecular formula is C21H29N3O5. The van der Waals surface area contributed by atoms with Gasteiger partial charge in [-0.15, -0.1) is 0 Å². The normalized spacial score (nSPS) is 22.6. The Balaban J connectivity index is 1.61. The summed E-state index contributed by atoms with van der Waals surface area (Å²) in [4.78, 5) is 43.3. The summed E-state index contributed by atoms with van der Waals surface area (Å²) >= 11 is 0. The van der Waals surface area contributed by atoms with E-state index in [9.17, 15) is 14.4 Å². The molecule has 1 saturated carbocycles. The van der Waals surface area contributed by atoms with Gasteiger partial charge in [0, 0.05) is 12.2 Å². The Kier molecular flexibility index (Phi) is 6.10. The molecule has 1 atom stereocenters. The van der Waals surface area contributed by atoms with Crippen molar-refractivity contribution in [2.45, 2.75) is 70.7 Å². The average Bonchev–Trinajstić information content (AvgIpc) is 3.01. The van der Waals surface area contributed by atoms with Crippen LogP contribution in [0.5, 0.6) is 0 Å². The van der Waals surface area contributed by atoms with Crippen molar-refractivity contribution in [2.75, 3.05) is 7.11 Å². The molecule has 1 aromatic rings. The second-order valence-corrected chi connectivity index (χ2v) is 8.65. The van der Waals surface area contributed by atoms with E-state index in [0.717, 1.165) is 18.5 Å². The molecule has 8 heteroatoms. The topological polar surface area (TPSA) is 97.8 Å². The summed E-state index contributed by atoms with van der Waals surface area (Å²) in [5.74, 6) is -0.523. The molecule has 2 heterocycles. The van der Waals surface area contributed by atoms with E-state index in [1.54, 1.807) is 33.0 Å². The van der Waals surface area contributed by atoms with Crippen LogP contribution in [0.15, 0.2) is 18.3 Å². The lowest BCUT2D eigenvalue weighted by Gasteiger charge is -2.37. The SMILES string of the molecule is COC(=O)[C@@H](NC(=O)OC(C)(C)C)[C@H]1CC[C@H](N2Cc3ncccc3C2=O)CC1. The van der Waals surface area contributed by atoms with Gasteiger partial charge < -0.3 is 19.7 Å². The molecule has 0 aromatic carbocycles. The van der Waals surface area contributed by atoms with Crippen molar-refractivity contribution in [3.63, 3.8) is 0 Å². The summed E-state index contributed by atoms with van der Waals surface area (Å²) in [6, 6.07) is 2.94. The first kappa shape index (κ1) is 21.1. The van der Waals surface area contributed by atoms with Crippen LogP contribution >= 0.6 is 0 Å². The minimum Gasteiger partial charge on any atom is -0.467 e. The van der Waals surface area contributed by atoms with Gasteiger partial charge in [-0.25, -0.2) is 9.59 Å². The van der Waals surface area contributed by atoms with Crippen LogP contribution in [0.3, 0.4) is 0 Å². The highest BCUT2D eigenvalue weighted by Crippen LogP contribution is 2.34. The second kappa shape index (κ2) is 8.39. The highest BCUT2D eigenvalue weighted by Gasteiger charge is 2.39. The number of rotatable bonds is 4. The van der Waals surface area contributed by atoms with Crippen LogP contribution in [0, 0.1) is 5.92 Å². The Morgan fingerprint density at radius 2 is 1.93 bits per heavy atom. The predicted molar refractivity (Wildman–Crippen MR) is 105 cm³/mol. The Hall–Kier alpha value is -2.64. The fraction of sp³-hybridized carbons (Fsp3) is 0.619. The molecular weight excluding hydrogens is 374 g/mol. The summed E-state index contributed by atoms with van der Waals surface area (Å²) in [6.45, 7) is 5.83. The number of carbonyl (C=O) groups is 3. The van der Waals surface area contributed by atoms with Crippen molar-refractivity contribution in [3.8, 4) is 0 Å². The zero-order valence-corrected chi connectivity index (χ0v) is 17.4. The molecule has 2 amide bonds. The van der Waals surface area contributed by atoms with E-state index in [1.807, 2.05) is 11.0 Å². The van der Waals surface area contributed by atoms with Gasteiger partial charge >= 0.3 is 12.1 Å². The number of alkyl carbamates (subject to hydrolysis) is 1. The number of amides is 2. The zero-order chi connectivity index (χ0) is 21.2. The minimum atomic E-state index is -0.760. The van der Waals surface area contributed by atoms with Crippen LogP contribution in [-0.4, -0.2) is 52.6 Å². The fourth-order valence-corrected chi connectivity index (χ4v) is 4.12. The summed E-state index contributed by atoms with van der Waals surface area (Å²) in [5, 5.41) is 2.68. The summed E-state index contributed by atoms with van der Waals surface area (Å²) in [5.41, 5.74) is 0.842. The van der Waals surface area contributed by atoms with Crippen LogP contribution < -0.4 is 5.32 Å². The van der Waals surface area contributed by atoms with E-state index < -0.39 is 23.7 Å². The Morgan fingerprint density at radius 1 is 1.24 bits per heavy atom. The van der Waals surface area contributed by atoms with E-state index in [0.29, 0.717) is 24.9 Å². The number of aromatic nitrogens is 1. The summed E-state index contributed by atoms with van der Waals surface area (Å²) < 4.78 is 10.2. The molecule has 29 heavy (non-hydrogen) atoms. The molecule has 1 N–H and O–H groups in total. The predicted octanol–water partition coefficient (Wildman–Crippen LogP) is 2.66. The number of hydrogen-bond donors (Lipinski definition) is 1. The quantitative estimate of drug-likeness (QED) is 0.776. The molecule has 0 saturated heterocycles. The van der Waals surface area contributed by atoms with E-state index in [2.05, 4.69) is 10.3 Å². The summed E-state index contributed by atoms with van der Waals surface area (Å²) in [6.07, 6.45) is 3.99. The van der Waals surface area contributed by atoms with Gasteiger partial charge in [0.1, 0.15) is 11.6 Å². The molecule has 0 bridgehead atoms. The molecule has 0 spiro atoms. The molecule has 0 radical (unpaired) electrons. The van der Waals surface area contributed by atoms with Crippen LogP contribution in [0.4, 0.5) is 4.79 Å². The van der Waals surface area contributed by atoms with Crippen LogP contribution in [0.25, 0.3) is 0 Å². The van der Waals surface area contributed by atoms with Gasteiger partial charge in [0.05, 0.1) is 24.9 Å². The lowest BCUT2D eigenvalue weighted by Crippen LogP contribution is -2.50. The molecule has 1 aliphatic carbocycles. The number of fused-ring (bicyclic) bond motifs is 1. The van der Waals surface area contributed by atoms with Gasteiger partial charge in [-0.3, -0.25) is 9.78 Å². The number of carbonyl (C=O) groups excluding carboxylic acids is 3. The first-order valence-corrected chi connectivity index (χ1v) is 10.0. The molecule has 2 aliphatic rings. The van der Waals surface area contributed by atoms with Crippen molar-refractivity contribution in [3.05, 3.63) is 29.6 Å². The van der Waals surface area contributed by atoms with Crippen LogP contribution in [0.2, 0.25) is 0 Å². The highest BCUT2D eigenvalue weighted by atomic mass is 16.6. The molecule has 3 rings (SSSR count). The number of nitrogens with zero attached hydrogens (tertiary/aromatic N) is 2. The molecule has 1 fully saturated rings. The molecule has 158 valence electrons. The van der Waals surface area contributed by atoms with Crippen LogP contribution in [0.1, 0.15) is 62.5 Å². The third kappa shape index (κ3) is 4.86. The number of ether oxygens (including phenoxy) is 2. The second-order valence-electron chi connectivity index (χ2n) is 8.65. The first-order valence-electron chi connectivity index (χ1n) is 10.0. The lowest BCUT2D eigenvalue weighted by molar-refractivity contribution is -0.145. The van der Waals surface area contributed by atoms with Gasteiger partial charge in [0.2, 0.25) is 0 Å². The Morgan fingerprint density at radius 3 is 2.52 bits per heavy atom. The van der Waals surface area contributed by atoms with Gasteiger partial charge in [0.15, 0.2) is 0 Å². The Bertz CT molecular complexity index is 781. The maximum atomic E-state index is 12.7. The number of esters is 1. The number of hydrogen-bond acceptors (Lipinski definition) is 6. The van der Waals surface area contributed by atoms with E-state index in [1.165, 1.54) is 7.11 Å². The van der Waals surface area contributed by atoms with Crippen molar-refractivity contribution in [2.24, 2.45) is 5.92 Å². The number of pyridine rings is 1. The highest BCUT2D eigenvalue weighted by molar-refractivity contribution is 5.97. The maximum absolute atomic E-state index is 12.7. The fourth-order valence-electron chi connectivity index (χ4n) is 4.12. The van der Waals surface area contributed by atoms with Gasteiger partial charge in [-0.1, -0.05) is 0 Å². The maximum Gasteiger partial charge on any atom is 0.408 e. The van der Waals surface area contributed by atoms with Crippen molar-refractivity contribution < 1.29 is 23.9 Å². The number of nitrogens with one attached hydrogen (secondary N) is 1. The third-order valence-corrected chi connectivity index (χ3v) is 5.48. The lowest BCUT2D eigenvalue weighted by atomic mass is 9.81. The molecule has 1 aliphatic heterocycles. The van der Waals surface area contributed by atoms with E-state index in [-0.39, 0.29) is 17.9 Å². The molecule has 0 unspecified atom stereocenters. The summed E-state index contributed by atoms with van der Waals surface area (Å²) in [7, 11) is 1.31. The molecule has 1 aromatic heterocycles. The van der Waals surface area contributed by atoms with E-state index >= 15 is 0 Å². The first-order chi connectivity index (χ1) is 13.7. The Labute approximate surface area is 170 Å². The number of methoxy groups -OCH3 is 1. The largest absolute Gasteiger partial charge is 0.467 e. The van der Waals surface area contributed by atoms with Crippen molar-refractivity contribution >= 4 is 18.0 Å². The third-order valence-electron chi connectivity index (χ3n) is 5.48. The van der Waals surface area contributed by atoms with Gasteiger partial charge in [-0.05, 0) is 64.5 Å². The molecule has 8 nitrogen and oxygen atoms in total. The monoisotopic (exact) mass is 403 g/mol. The smallest absolute Gasteiger partial charge is 0.408 e. The van der Waals surface area contributed by atoms with Crippen LogP contribution in [-0.2, 0) is 20.8 Å². The van der Waals surface area contributed by atoms with Gasteiger partial charge in [-0.2, -0.15) is 0 Å². The van der Waals surface area contributed by atoms with Gasteiger partial charge in [0.25, 0.3) is 5.91 Å². The minimum absolute atomic E-state index is 0.0212. The standard InChI is InChI=1S/C21H29N3O5/c1-21(2,3)29-20(27)23-17(19(26)28-4)13-7-9-14(10-8-13)24-12-16-15(18(24)25)6-5-11-22-16/h5-6,11,13-14,17H,7-10,12H2,1-4H3,(H,23,27)/t13-,14-,17-/m0/s1. The van der Waals surface area contributed by atoms with E-state index in [4.69, 9.17) is 9.47 Å². The van der Waals surface area contributed by atoms with Crippen molar-refractivity contribution in [1.29, 1.82) is 0 Å².